The molecule has 0 atom stereocenters. The smallest absolute Gasteiger partial charge is 0.329 e. The third kappa shape index (κ3) is 2.72. The van der Waals surface area contributed by atoms with Crippen LogP contribution in [0.25, 0.3) is 0 Å². The van der Waals surface area contributed by atoms with Crippen molar-refractivity contribution in [1.82, 2.24) is 10.2 Å². The molecule has 108 valence electrons. The Bertz CT molecular complexity index is 780. The van der Waals surface area contributed by atoms with E-state index in [4.69, 9.17) is 21.8 Å². The zero-order valence-corrected chi connectivity index (χ0v) is 13.0. The standard InChI is InChI=1S/C9H7BrClFN4O3S/c1-3-14-15-9(19-3)16-20(17,18)5-2-4(11)6(10)8(13)7(5)12/h2H,13H2,1H3,(H,15,16). The molecule has 11 heteroatoms. The van der Waals surface area contributed by atoms with Crippen LogP contribution in [0.4, 0.5) is 16.1 Å². The van der Waals surface area contributed by atoms with Gasteiger partial charge in [0.2, 0.25) is 5.89 Å². The summed E-state index contributed by atoms with van der Waals surface area (Å²) in [6.07, 6.45) is 0. The number of aromatic nitrogens is 2. The van der Waals surface area contributed by atoms with Gasteiger partial charge in [-0.25, -0.2) is 17.5 Å². The normalized spacial score (nSPS) is 11.6. The molecule has 3 N–H and O–H groups in total. The number of nitrogens with one attached hydrogen (secondary N) is 1. The number of hydrogen-bond donors (Lipinski definition) is 2. The second-order valence-electron chi connectivity index (χ2n) is 3.63. The topological polar surface area (TPSA) is 111 Å². The van der Waals surface area contributed by atoms with Gasteiger partial charge in [-0.3, -0.25) is 0 Å². The molecule has 0 amide bonds. The number of halogens is 3. The first-order valence-electron chi connectivity index (χ1n) is 4.98. The Kier molecular flexibility index (Phi) is 3.89. The average molecular weight is 386 g/mol. The number of benzene rings is 1. The number of nitrogens with two attached hydrogens (primary N) is 1. The van der Waals surface area contributed by atoms with E-state index in [0.29, 0.717) is 0 Å². The van der Waals surface area contributed by atoms with Gasteiger partial charge < -0.3 is 10.2 Å². The van der Waals surface area contributed by atoms with E-state index in [1.165, 1.54) is 6.92 Å². The van der Waals surface area contributed by atoms with Gasteiger partial charge in [0.05, 0.1) is 15.2 Å². The predicted molar refractivity (Wildman–Crippen MR) is 73.4 cm³/mol. The lowest BCUT2D eigenvalue weighted by atomic mass is 10.3. The first kappa shape index (κ1) is 15.0. The lowest BCUT2D eigenvalue weighted by Crippen LogP contribution is -2.16. The molecule has 0 fully saturated rings. The molecule has 1 heterocycles. The van der Waals surface area contributed by atoms with Crippen LogP contribution >= 0.6 is 27.5 Å². The van der Waals surface area contributed by atoms with Crippen molar-refractivity contribution >= 4 is 49.3 Å². The fourth-order valence-electron chi connectivity index (χ4n) is 1.30. The summed E-state index contributed by atoms with van der Waals surface area (Å²) >= 11 is 8.72. The van der Waals surface area contributed by atoms with Gasteiger partial charge in [-0.1, -0.05) is 16.7 Å². The van der Waals surface area contributed by atoms with Crippen molar-refractivity contribution in [2.24, 2.45) is 0 Å². The lowest BCUT2D eigenvalue weighted by Gasteiger charge is -2.09. The Morgan fingerprint density at radius 1 is 1.50 bits per heavy atom. The molecule has 0 saturated heterocycles. The maximum absolute atomic E-state index is 13.9. The van der Waals surface area contributed by atoms with E-state index >= 15 is 0 Å². The zero-order valence-electron chi connectivity index (χ0n) is 9.82. The molecule has 0 aliphatic heterocycles. The van der Waals surface area contributed by atoms with Gasteiger partial charge in [0.15, 0.2) is 5.82 Å². The van der Waals surface area contributed by atoms with Gasteiger partial charge >= 0.3 is 6.01 Å². The number of aryl methyl sites for hydroxylation is 1. The highest BCUT2D eigenvalue weighted by molar-refractivity contribution is 9.10. The van der Waals surface area contributed by atoms with Crippen LogP contribution in [0.2, 0.25) is 5.02 Å². The molecule has 20 heavy (non-hydrogen) atoms. The fraction of sp³-hybridized carbons (Fsp3) is 0.111. The highest BCUT2D eigenvalue weighted by atomic mass is 79.9. The van der Waals surface area contributed by atoms with E-state index in [9.17, 15) is 12.8 Å². The van der Waals surface area contributed by atoms with Gasteiger partial charge in [0, 0.05) is 6.92 Å². The Balaban J connectivity index is 2.50. The summed E-state index contributed by atoms with van der Waals surface area (Å²) in [5, 5.41) is 6.84. The number of anilines is 2. The van der Waals surface area contributed by atoms with E-state index in [-0.39, 0.29) is 21.4 Å². The molecule has 2 rings (SSSR count). The fourth-order valence-corrected chi connectivity index (χ4v) is 2.91. The Hall–Kier alpha value is -1.39. The molecule has 1 aromatic carbocycles. The number of rotatable bonds is 3. The van der Waals surface area contributed by atoms with E-state index in [2.05, 4.69) is 26.1 Å². The van der Waals surface area contributed by atoms with Crippen LogP contribution in [0.3, 0.4) is 0 Å². The average Bonchev–Trinajstić information content (AvgIpc) is 2.75. The monoisotopic (exact) mass is 384 g/mol. The minimum Gasteiger partial charge on any atom is -0.408 e. The minimum atomic E-state index is -4.30. The summed E-state index contributed by atoms with van der Waals surface area (Å²) < 4.78 is 44.9. The van der Waals surface area contributed by atoms with Gasteiger partial charge in [-0.05, 0) is 22.0 Å². The first-order chi connectivity index (χ1) is 9.22. The van der Waals surface area contributed by atoms with E-state index in [1.807, 2.05) is 4.72 Å². The molecule has 0 unspecified atom stereocenters. The van der Waals surface area contributed by atoms with Crippen molar-refractivity contribution in [2.45, 2.75) is 11.8 Å². The Labute approximate surface area is 126 Å². The molecular weight excluding hydrogens is 379 g/mol. The van der Waals surface area contributed by atoms with Gasteiger partial charge in [-0.15, -0.1) is 5.10 Å². The van der Waals surface area contributed by atoms with E-state index in [1.54, 1.807) is 0 Å². The molecular formula is C9H7BrClFN4O3S. The van der Waals surface area contributed by atoms with Crippen LogP contribution < -0.4 is 10.5 Å². The second kappa shape index (κ2) is 5.19. The van der Waals surface area contributed by atoms with Crippen molar-refractivity contribution < 1.29 is 17.2 Å². The minimum absolute atomic E-state index is 0.0500. The van der Waals surface area contributed by atoms with Crippen molar-refractivity contribution in [2.75, 3.05) is 10.5 Å². The molecule has 0 aliphatic carbocycles. The summed E-state index contributed by atoms with van der Waals surface area (Å²) in [5.74, 6) is -0.985. The molecule has 0 aliphatic rings. The SMILES string of the molecule is Cc1nnc(NS(=O)(=O)c2cc(Cl)c(Br)c(N)c2F)o1. The third-order valence-electron chi connectivity index (χ3n) is 2.19. The molecule has 1 aromatic heterocycles. The third-order valence-corrected chi connectivity index (χ3v) is 4.89. The second-order valence-corrected chi connectivity index (χ2v) is 6.48. The predicted octanol–water partition coefficient (Wildman–Crippen LogP) is 2.32. The molecule has 0 bridgehead atoms. The highest BCUT2D eigenvalue weighted by Gasteiger charge is 2.25. The van der Waals surface area contributed by atoms with Gasteiger partial charge in [0.1, 0.15) is 4.90 Å². The summed E-state index contributed by atoms with van der Waals surface area (Å²) in [6.45, 7) is 1.47. The summed E-state index contributed by atoms with van der Waals surface area (Å²) in [4.78, 5) is -0.723. The van der Waals surface area contributed by atoms with E-state index in [0.717, 1.165) is 6.07 Å². The number of hydrogen-bond acceptors (Lipinski definition) is 6. The van der Waals surface area contributed by atoms with Crippen LogP contribution in [0.15, 0.2) is 19.9 Å². The highest BCUT2D eigenvalue weighted by Crippen LogP contribution is 2.35. The maximum atomic E-state index is 13.9. The largest absolute Gasteiger partial charge is 0.408 e. The van der Waals surface area contributed by atoms with E-state index < -0.39 is 26.4 Å². The quantitative estimate of drug-likeness (QED) is 0.619. The molecule has 0 radical (unpaired) electrons. The summed E-state index contributed by atoms with van der Waals surface area (Å²) in [5.41, 5.74) is 5.01. The molecule has 0 spiro atoms. The zero-order chi connectivity index (χ0) is 15.1. The van der Waals surface area contributed by atoms with Gasteiger partial charge in [0.25, 0.3) is 10.0 Å². The molecule has 0 saturated carbocycles. The number of nitrogens with zero attached hydrogens (tertiary/aromatic N) is 2. The molecule has 7 nitrogen and oxygen atoms in total. The molecule has 2 aromatic rings. The van der Waals surface area contributed by atoms with Crippen LogP contribution in [0, 0.1) is 12.7 Å². The Morgan fingerprint density at radius 3 is 2.70 bits per heavy atom. The van der Waals surface area contributed by atoms with Crippen molar-refractivity contribution in [1.29, 1.82) is 0 Å². The number of sulfonamides is 1. The maximum Gasteiger partial charge on any atom is 0.329 e. The van der Waals surface area contributed by atoms with Crippen LogP contribution in [-0.2, 0) is 10.0 Å². The Morgan fingerprint density at radius 2 is 2.15 bits per heavy atom. The van der Waals surface area contributed by atoms with Crippen molar-refractivity contribution in [3.05, 3.63) is 27.3 Å². The van der Waals surface area contributed by atoms with Crippen LogP contribution in [-0.4, -0.2) is 18.6 Å². The van der Waals surface area contributed by atoms with Crippen molar-refractivity contribution in [3.8, 4) is 0 Å². The van der Waals surface area contributed by atoms with Crippen molar-refractivity contribution in [3.63, 3.8) is 0 Å². The summed E-state index contributed by atoms with van der Waals surface area (Å²) in [7, 11) is -4.30. The van der Waals surface area contributed by atoms with Crippen LogP contribution in [0.5, 0.6) is 0 Å². The lowest BCUT2D eigenvalue weighted by molar-refractivity contribution is 0.533. The number of nitrogen functional groups attached to an aromatic ring is 1. The first-order valence-corrected chi connectivity index (χ1v) is 7.63. The van der Waals surface area contributed by atoms with Gasteiger partial charge in [-0.2, -0.15) is 0 Å². The van der Waals surface area contributed by atoms with Crippen LogP contribution in [0.1, 0.15) is 5.89 Å². The summed E-state index contributed by atoms with van der Waals surface area (Å²) in [6, 6.07) is 0.530.